The Kier molecular flexibility index (Phi) is 13.6. The Labute approximate surface area is 303 Å². The summed E-state index contributed by atoms with van der Waals surface area (Å²) < 4.78 is 2.13. The fraction of sp³-hybridized carbons (Fsp3) is 0.415. The van der Waals surface area contributed by atoms with Crippen molar-refractivity contribution in [3.63, 3.8) is 0 Å². The SMILES string of the molecule is CCC(CC)C(=O)/C=C(\O)C(CC)CC.Cc1[c-]c(-c2ncc(C#N)c3c2sc2c3ccc3cc(CC(C)(C)C)cnc32)cc(C)c1.[Ir]. The first kappa shape index (κ1) is 39.0. The van der Waals surface area contributed by atoms with E-state index in [2.05, 4.69) is 77.1 Å². The topological polar surface area (TPSA) is 86.9 Å². The fourth-order valence-electron chi connectivity index (χ4n) is 6.27. The molecule has 0 spiro atoms. The number of fused-ring (bicyclic) bond motifs is 5. The second-order valence-electron chi connectivity index (χ2n) is 13.8. The van der Waals surface area contributed by atoms with Crippen LogP contribution in [0.25, 0.3) is 42.3 Å². The number of carbonyl (C=O) groups is 1. The minimum atomic E-state index is 0. The largest absolute Gasteiger partial charge is 0.512 e. The Balaban J connectivity index is 0.000000334. The van der Waals surface area contributed by atoms with Crippen LogP contribution in [-0.2, 0) is 31.3 Å². The molecule has 0 saturated carbocycles. The Hall–Kier alpha value is -3.43. The minimum Gasteiger partial charge on any atom is -0.512 e. The summed E-state index contributed by atoms with van der Waals surface area (Å²) in [5.74, 6) is 0.547. The van der Waals surface area contributed by atoms with E-state index in [0.717, 1.165) is 80.0 Å². The van der Waals surface area contributed by atoms with E-state index in [1.54, 1.807) is 17.5 Å². The first-order valence-electron chi connectivity index (χ1n) is 16.8. The zero-order chi connectivity index (χ0) is 34.5. The van der Waals surface area contributed by atoms with Crippen molar-refractivity contribution in [2.75, 3.05) is 0 Å². The molecule has 0 saturated heterocycles. The smallest absolute Gasteiger partial charge is 0.162 e. The molecule has 5 rings (SSSR count). The number of nitrogens with zero attached hydrogens (tertiary/aromatic N) is 3. The van der Waals surface area contributed by atoms with Gasteiger partial charge in [-0.1, -0.05) is 74.4 Å². The molecule has 0 atom stereocenters. The molecule has 3 aromatic heterocycles. The van der Waals surface area contributed by atoms with Gasteiger partial charge in [-0.05, 0) is 49.1 Å². The summed E-state index contributed by atoms with van der Waals surface area (Å²) >= 11 is 1.68. The van der Waals surface area contributed by atoms with E-state index in [0.29, 0.717) is 5.56 Å². The van der Waals surface area contributed by atoms with Crippen LogP contribution in [0.2, 0.25) is 0 Å². The number of rotatable bonds is 9. The predicted molar refractivity (Wildman–Crippen MR) is 198 cm³/mol. The average molecular weight is 839 g/mol. The third-order valence-corrected chi connectivity index (χ3v) is 9.93. The summed E-state index contributed by atoms with van der Waals surface area (Å²) in [6, 6.07) is 16.5. The van der Waals surface area contributed by atoms with E-state index in [9.17, 15) is 15.2 Å². The third kappa shape index (κ3) is 8.97. The molecule has 5 nitrogen and oxygen atoms in total. The number of pyridine rings is 2. The van der Waals surface area contributed by atoms with Crippen molar-refractivity contribution in [3.05, 3.63) is 82.9 Å². The third-order valence-electron chi connectivity index (χ3n) is 8.71. The summed E-state index contributed by atoms with van der Waals surface area (Å²) in [6.07, 6.45) is 9.58. The molecule has 0 aliphatic heterocycles. The minimum absolute atomic E-state index is 0. The molecule has 1 radical (unpaired) electrons. The monoisotopic (exact) mass is 839 g/mol. The summed E-state index contributed by atoms with van der Waals surface area (Å²) in [5, 5.41) is 22.7. The van der Waals surface area contributed by atoms with Crippen LogP contribution in [0.3, 0.4) is 0 Å². The molecule has 2 aromatic carbocycles. The van der Waals surface area contributed by atoms with Crippen LogP contribution in [0.5, 0.6) is 0 Å². The standard InChI is InChI=1S/C28H24N3S.C13H24O2.Ir/c1-16-8-17(2)10-20(9-16)25-27-23(21(13-29)15-31-25)22-7-6-19-11-18(12-28(3,4)5)14-30-24(19)26(22)32-27;1-5-10(6-2)12(14)9-13(15)11(7-3)8-4;/h6-9,11,14-15H,12H2,1-5H3;9-11,14H,5-8H2,1-4H3;/q-1;;/b;12-9-;. The molecule has 0 amide bonds. The number of aliphatic hydroxyl groups is 1. The van der Waals surface area contributed by atoms with Crippen molar-refractivity contribution >= 4 is 48.2 Å². The zero-order valence-corrected chi connectivity index (χ0v) is 33.0. The number of benzene rings is 2. The summed E-state index contributed by atoms with van der Waals surface area (Å²) in [6.45, 7) is 18.9. The normalized spacial score (nSPS) is 11.9. The number of hydrogen-bond acceptors (Lipinski definition) is 6. The molecule has 48 heavy (non-hydrogen) atoms. The maximum atomic E-state index is 11.7. The van der Waals surface area contributed by atoms with E-state index in [1.807, 2.05) is 33.9 Å². The average Bonchev–Trinajstić information content (AvgIpc) is 3.41. The second-order valence-corrected chi connectivity index (χ2v) is 14.8. The Morgan fingerprint density at radius 1 is 0.979 bits per heavy atom. The van der Waals surface area contributed by atoms with Gasteiger partial charge in [0, 0.05) is 77.0 Å². The molecule has 3 heterocycles. The number of aliphatic hydroxyl groups excluding tert-OH is 1. The van der Waals surface area contributed by atoms with Gasteiger partial charge in [0.1, 0.15) is 6.07 Å². The Bertz CT molecular complexity index is 1950. The maximum Gasteiger partial charge on any atom is 0.162 e. The van der Waals surface area contributed by atoms with Crippen LogP contribution < -0.4 is 0 Å². The van der Waals surface area contributed by atoms with E-state index in [1.165, 1.54) is 17.2 Å². The number of ketones is 1. The van der Waals surface area contributed by atoms with Crippen molar-refractivity contribution in [1.29, 1.82) is 5.26 Å². The van der Waals surface area contributed by atoms with Crippen LogP contribution >= 0.6 is 11.3 Å². The molecule has 0 bridgehead atoms. The molecular formula is C41H48IrN3O2S-. The molecule has 0 fully saturated rings. The molecule has 5 aromatic rings. The van der Waals surface area contributed by atoms with Crippen molar-refractivity contribution < 1.29 is 30.0 Å². The number of aryl methyl sites for hydroxylation is 2. The molecule has 7 heteroatoms. The van der Waals surface area contributed by atoms with E-state index in [4.69, 9.17) is 9.97 Å². The van der Waals surface area contributed by atoms with Gasteiger partial charge >= 0.3 is 0 Å². The quantitative estimate of drug-likeness (QED) is 0.0908. The molecule has 255 valence electrons. The van der Waals surface area contributed by atoms with Gasteiger partial charge in [-0.15, -0.1) is 46.2 Å². The second kappa shape index (κ2) is 16.8. The number of aromatic nitrogens is 2. The van der Waals surface area contributed by atoms with Gasteiger partial charge in [0.05, 0.1) is 21.5 Å². The number of hydrogen-bond donors (Lipinski definition) is 1. The molecule has 0 aliphatic rings. The summed E-state index contributed by atoms with van der Waals surface area (Å²) in [7, 11) is 0. The zero-order valence-electron chi connectivity index (χ0n) is 29.7. The summed E-state index contributed by atoms with van der Waals surface area (Å²) in [4.78, 5) is 21.3. The van der Waals surface area contributed by atoms with Crippen LogP contribution in [0.1, 0.15) is 96.4 Å². The van der Waals surface area contributed by atoms with Crippen LogP contribution in [-0.4, -0.2) is 20.9 Å². The van der Waals surface area contributed by atoms with Crippen LogP contribution in [0.15, 0.2) is 54.6 Å². The van der Waals surface area contributed by atoms with Gasteiger partial charge in [-0.3, -0.25) is 9.78 Å². The van der Waals surface area contributed by atoms with Crippen molar-refractivity contribution in [1.82, 2.24) is 9.97 Å². The first-order valence-corrected chi connectivity index (χ1v) is 17.6. The Morgan fingerprint density at radius 2 is 1.65 bits per heavy atom. The molecule has 0 aliphatic carbocycles. The number of carbonyl (C=O) groups excluding carboxylic acids is 1. The van der Waals surface area contributed by atoms with Crippen molar-refractivity contribution in [3.8, 4) is 17.3 Å². The van der Waals surface area contributed by atoms with Gasteiger partial charge in [-0.25, -0.2) is 0 Å². The maximum absolute atomic E-state index is 11.7. The van der Waals surface area contributed by atoms with Crippen molar-refractivity contribution in [2.24, 2.45) is 17.3 Å². The fourth-order valence-corrected chi connectivity index (χ4v) is 7.60. The van der Waals surface area contributed by atoms with E-state index in [-0.39, 0.29) is 48.9 Å². The van der Waals surface area contributed by atoms with Crippen LogP contribution in [0.4, 0.5) is 0 Å². The number of allylic oxidation sites excluding steroid dienone is 2. The number of thiophene rings is 1. The molecule has 0 unspecified atom stereocenters. The number of nitriles is 1. The Morgan fingerprint density at radius 3 is 2.23 bits per heavy atom. The van der Waals surface area contributed by atoms with E-state index < -0.39 is 0 Å². The van der Waals surface area contributed by atoms with E-state index >= 15 is 0 Å². The van der Waals surface area contributed by atoms with Gasteiger partial charge in [0.2, 0.25) is 0 Å². The molecular weight excluding hydrogens is 791 g/mol. The van der Waals surface area contributed by atoms with Crippen molar-refractivity contribution in [2.45, 2.75) is 94.4 Å². The molecule has 1 N–H and O–H groups in total. The van der Waals surface area contributed by atoms with Gasteiger partial charge in [-0.2, -0.15) is 5.26 Å². The van der Waals surface area contributed by atoms with Gasteiger partial charge in [0.25, 0.3) is 0 Å². The first-order chi connectivity index (χ1) is 22.3. The summed E-state index contributed by atoms with van der Waals surface area (Å²) in [5.41, 5.74) is 7.15. The van der Waals surface area contributed by atoms with Crippen LogP contribution in [0, 0.1) is 48.5 Å². The van der Waals surface area contributed by atoms with Gasteiger partial charge in [0.15, 0.2) is 5.78 Å². The predicted octanol–water partition coefficient (Wildman–Crippen LogP) is 11.4. The van der Waals surface area contributed by atoms with Gasteiger partial charge < -0.3 is 10.1 Å².